The summed E-state index contributed by atoms with van der Waals surface area (Å²) in [5.41, 5.74) is 6.29. The highest BCUT2D eigenvalue weighted by Gasteiger charge is 2.25. The maximum Gasteiger partial charge on any atom is 0.341 e. The number of aromatic nitrogens is 1. The van der Waals surface area contributed by atoms with Gasteiger partial charge in [-0.3, -0.25) is 4.90 Å². The normalized spacial score (nSPS) is 12.2. The van der Waals surface area contributed by atoms with E-state index in [0.717, 1.165) is 12.8 Å². The second-order valence-corrected chi connectivity index (χ2v) is 5.82. The molecule has 0 saturated heterocycles. The number of carbonyl (C=O) groups is 2. The highest BCUT2D eigenvalue weighted by Crippen LogP contribution is 2.37. The van der Waals surface area contributed by atoms with Crippen LogP contribution in [0.5, 0.6) is 11.5 Å². The number of esters is 1. The van der Waals surface area contributed by atoms with Gasteiger partial charge in [-0.05, 0) is 25.5 Å². The number of hydrogen-bond donors (Lipinski definition) is 1. The predicted molar refractivity (Wildman–Crippen MR) is 95.7 cm³/mol. The lowest BCUT2D eigenvalue weighted by Crippen LogP contribution is -2.38. The van der Waals surface area contributed by atoms with E-state index in [2.05, 4.69) is 4.98 Å². The number of pyridine rings is 1. The molecule has 2 heterocycles. The fourth-order valence-electron chi connectivity index (χ4n) is 2.76. The van der Waals surface area contributed by atoms with Crippen LogP contribution in [0.15, 0.2) is 18.2 Å². The topological polar surface area (TPSA) is 104 Å². The Kier molecular flexibility index (Phi) is 5.11. The number of primary amides is 1. The molecular weight excluding hydrogens is 338 g/mol. The SMILES string of the molecule is CCCCN(C(N)=O)c1nc2cc3c(cc2cc1C(=O)OCC)OCO3. The first-order chi connectivity index (χ1) is 12.5. The number of carbonyl (C=O) groups excluding carboxylic acids is 2. The van der Waals surface area contributed by atoms with Crippen LogP contribution in [0.1, 0.15) is 37.0 Å². The molecule has 138 valence electrons. The second kappa shape index (κ2) is 7.47. The predicted octanol–water partition coefficient (Wildman–Crippen LogP) is 2.83. The van der Waals surface area contributed by atoms with E-state index in [9.17, 15) is 9.59 Å². The van der Waals surface area contributed by atoms with Gasteiger partial charge in [-0.2, -0.15) is 0 Å². The van der Waals surface area contributed by atoms with Gasteiger partial charge in [-0.15, -0.1) is 0 Å². The number of anilines is 1. The Morgan fingerprint density at radius 2 is 1.96 bits per heavy atom. The molecule has 1 aliphatic rings. The molecule has 2 N–H and O–H groups in total. The van der Waals surface area contributed by atoms with Crippen molar-refractivity contribution in [3.8, 4) is 11.5 Å². The van der Waals surface area contributed by atoms with E-state index in [4.69, 9.17) is 19.9 Å². The fourth-order valence-corrected chi connectivity index (χ4v) is 2.76. The quantitative estimate of drug-likeness (QED) is 0.795. The van der Waals surface area contributed by atoms with Gasteiger partial charge in [-0.1, -0.05) is 13.3 Å². The fraction of sp³-hybridized carbons (Fsp3) is 0.389. The number of nitrogens with zero attached hydrogens (tertiary/aromatic N) is 2. The third kappa shape index (κ3) is 3.35. The summed E-state index contributed by atoms with van der Waals surface area (Å²) in [6.07, 6.45) is 1.59. The van der Waals surface area contributed by atoms with Crippen molar-refractivity contribution in [1.29, 1.82) is 0 Å². The average Bonchev–Trinajstić information content (AvgIpc) is 3.06. The molecule has 0 unspecified atom stereocenters. The second-order valence-electron chi connectivity index (χ2n) is 5.82. The third-order valence-corrected chi connectivity index (χ3v) is 4.04. The summed E-state index contributed by atoms with van der Waals surface area (Å²) in [4.78, 5) is 30.2. The van der Waals surface area contributed by atoms with E-state index in [1.165, 1.54) is 4.90 Å². The van der Waals surface area contributed by atoms with E-state index in [1.54, 1.807) is 25.1 Å². The number of amides is 2. The van der Waals surface area contributed by atoms with Gasteiger partial charge in [-0.25, -0.2) is 14.6 Å². The minimum absolute atomic E-state index is 0.132. The van der Waals surface area contributed by atoms with Gasteiger partial charge in [0.15, 0.2) is 17.3 Å². The van der Waals surface area contributed by atoms with Crippen molar-refractivity contribution >= 4 is 28.7 Å². The number of hydrogen-bond acceptors (Lipinski definition) is 6. The molecule has 1 aromatic heterocycles. The molecule has 3 rings (SSSR count). The van der Waals surface area contributed by atoms with Crippen LogP contribution in [-0.2, 0) is 4.74 Å². The zero-order chi connectivity index (χ0) is 18.7. The van der Waals surface area contributed by atoms with Crippen molar-refractivity contribution < 1.29 is 23.8 Å². The molecule has 0 radical (unpaired) electrons. The van der Waals surface area contributed by atoms with Crippen molar-refractivity contribution in [2.24, 2.45) is 5.73 Å². The Labute approximate surface area is 150 Å². The number of ether oxygens (including phenoxy) is 3. The Bertz CT molecular complexity index is 852. The summed E-state index contributed by atoms with van der Waals surface area (Å²) in [6, 6.07) is 4.43. The van der Waals surface area contributed by atoms with Gasteiger partial charge >= 0.3 is 12.0 Å². The van der Waals surface area contributed by atoms with Gasteiger partial charge in [0.05, 0.1) is 12.1 Å². The Balaban J connectivity index is 2.16. The Morgan fingerprint density at radius 3 is 2.62 bits per heavy atom. The van der Waals surface area contributed by atoms with Crippen molar-refractivity contribution in [2.45, 2.75) is 26.7 Å². The van der Waals surface area contributed by atoms with Crippen LogP contribution in [0.4, 0.5) is 10.6 Å². The summed E-state index contributed by atoms with van der Waals surface area (Å²) < 4.78 is 15.9. The van der Waals surface area contributed by atoms with Gasteiger partial charge in [0.1, 0.15) is 5.56 Å². The lowest BCUT2D eigenvalue weighted by Gasteiger charge is -2.22. The molecule has 26 heavy (non-hydrogen) atoms. The first-order valence-corrected chi connectivity index (χ1v) is 8.53. The first kappa shape index (κ1) is 17.8. The maximum atomic E-state index is 12.4. The van der Waals surface area contributed by atoms with Gasteiger partial charge < -0.3 is 19.9 Å². The molecule has 2 amide bonds. The first-order valence-electron chi connectivity index (χ1n) is 8.53. The Hall–Kier alpha value is -3.03. The zero-order valence-electron chi connectivity index (χ0n) is 14.8. The minimum Gasteiger partial charge on any atom is -0.462 e. The van der Waals surface area contributed by atoms with Crippen molar-refractivity contribution in [2.75, 3.05) is 24.8 Å². The minimum atomic E-state index is -0.670. The molecule has 0 aliphatic carbocycles. The average molecular weight is 359 g/mol. The van der Waals surface area contributed by atoms with E-state index in [0.29, 0.717) is 28.9 Å². The number of rotatable bonds is 6. The zero-order valence-corrected chi connectivity index (χ0v) is 14.8. The van der Waals surface area contributed by atoms with Crippen molar-refractivity contribution in [3.63, 3.8) is 0 Å². The van der Waals surface area contributed by atoms with Crippen LogP contribution in [-0.4, -0.2) is 36.9 Å². The molecule has 1 aliphatic heterocycles. The highest BCUT2D eigenvalue weighted by molar-refractivity contribution is 6.04. The van der Waals surface area contributed by atoms with Gasteiger partial charge in [0.25, 0.3) is 0 Å². The van der Waals surface area contributed by atoms with Crippen LogP contribution >= 0.6 is 0 Å². The third-order valence-electron chi connectivity index (χ3n) is 4.04. The lowest BCUT2D eigenvalue weighted by atomic mass is 10.1. The van der Waals surface area contributed by atoms with Gasteiger partial charge in [0, 0.05) is 18.0 Å². The van der Waals surface area contributed by atoms with Crippen molar-refractivity contribution in [1.82, 2.24) is 4.98 Å². The van der Waals surface area contributed by atoms with Crippen molar-refractivity contribution in [3.05, 3.63) is 23.8 Å². The summed E-state index contributed by atoms with van der Waals surface area (Å²) in [6.45, 7) is 4.42. The van der Waals surface area contributed by atoms with Crippen LogP contribution in [0.2, 0.25) is 0 Å². The molecule has 1 aromatic carbocycles. The van der Waals surface area contributed by atoms with Gasteiger partial charge in [0.2, 0.25) is 6.79 Å². The molecule has 8 nitrogen and oxygen atoms in total. The van der Waals surface area contributed by atoms with Crippen LogP contribution in [0, 0.1) is 0 Å². The molecule has 0 spiro atoms. The number of benzene rings is 1. The van der Waals surface area contributed by atoms with E-state index < -0.39 is 12.0 Å². The maximum absolute atomic E-state index is 12.4. The molecule has 0 fully saturated rings. The van der Waals surface area contributed by atoms with E-state index >= 15 is 0 Å². The monoisotopic (exact) mass is 359 g/mol. The Morgan fingerprint density at radius 1 is 1.23 bits per heavy atom. The number of unbranched alkanes of at least 4 members (excludes halogenated alkanes) is 1. The summed E-state index contributed by atoms with van der Waals surface area (Å²) in [5, 5.41) is 0.681. The smallest absolute Gasteiger partial charge is 0.341 e. The molecule has 8 heteroatoms. The molecule has 2 aromatic rings. The van der Waals surface area contributed by atoms with E-state index in [-0.39, 0.29) is 24.8 Å². The summed E-state index contributed by atoms with van der Waals surface area (Å²) in [7, 11) is 0. The van der Waals surface area contributed by atoms with Crippen LogP contribution < -0.4 is 20.1 Å². The van der Waals surface area contributed by atoms with Crippen LogP contribution in [0.25, 0.3) is 10.9 Å². The highest BCUT2D eigenvalue weighted by atomic mass is 16.7. The van der Waals surface area contributed by atoms with E-state index in [1.807, 2.05) is 6.92 Å². The number of fused-ring (bicyclic) bond motifs is 2. The summed E-state index contributed by atoms with van der Waals surface area (Å²) in [5.74, 6) is 0.784. The standard InChI is InChI=1S/C18H21N3O5/c1-3-5-6-21(18(19)23)16-12(17(22)24-4-2)7-11-8-14-15(26-10-25-14)9-13(11)20-16/h7-9H,3-6,10H2,1-2H3,(H2,19,23). The number of urea groups is 1. The summed E-state index contributed by atoms with van der Waals surface area (Å²) >= 11 is 0. The van der Waals surface area contributed by atoms with Crippen LogP contribution in [0.3, 0.4) is 0 Å². The largest absolute Gasteiger partial charge is 0.462 e. The molecular formula is C18H21N3O5. The molecule has 0 bridgehead atoms. The molecule has 0 saturated carbocycles. The lowest BCUT2D eigenvalue weighted by molar-refractivity contribution is 0.0527. The number of nitrogens with two attached hydrogens (primary N) is 1. The molecule has 0 atom stereocenters.